The van der Waals surface area contributed by atoms with Crippen molar-refractivity contribution in [2.45, 2.75) is 49.2 Å². The Morgan fingerprint density at radius 2 is 1.40 bits per heavy atom. The van der Waals surface area contributed by atoms with Crippen LogP contribution in [0.5, 0.6) is 0 Å². The number of thioether (sulfide) groups is 1. The first-order valence-corrected chi connectivity index (χ1v) is 12.0. The molecule has 6 rings (SSSR count). The summed E-state index contributed by atoms with van der Waals surface area (Å²) in [4.78, 5) is 13.1. The van der Waals surface area contributed by atoms with E-state index in [4.69, 9.17) is 4.74 Å². The Hall–Kier alpha value is -2.14. The lowest BCUT2D eigenvalue weighted by atomic mass is 9.56. The number of nitrogens with zero attached hydrogens (tertiary/aromatic N) is 2. The maximum atomic E-state index is 11.7. The maximum absolute atomic E-state index is 11.7. The van der Waals surface area contributed by atoms with E-state index in [1.165, 1.54) is 37.0 Å². The third-order valence-electron chi connectivity index (χ3n) is 6.91. The Morgan fingerprint density at radius 1 is 0.867 bits per heavy atom. The minimum Gasteiger partial charge on any atom is -0.462 e. The quantitative estimate of drug-likeness (QED) is 0.367. The van der Waals surface area contributed by atoms with Crippen molar-refractivity contribution in [1.29, 1.82) is 0 Å². The van der Waals surface area contributed by atoms with Crippen molar-refractivity contribution in [3.63, 3.8) is 0 Å². The second kappa shape index (κ2) is 8.54. The monoisotopic (exact) mass is 420 g/mol. The number of esters is 1. The molecule has 4 saturated carbocycles. The van der Waals surface area contributed by atoms with E-state index >= 15 is 0 Å². The molecule has 30 heavy (non-hydrogen) atoms. The van der Waals surface area contributed by atoms with Gasteiger partial charge in [-0.2, -0.15) is 10.2 Å². The molecule has 0 N–H and O–H groups in total. The lowest BCUT2D eigenvalue weighted by molar-refractivity contribution is 0.0267. The molecule has 0 unspecified atom stereocenters. The standard InChI is InChI=1S/C25H28N2O2S/c1-2-29-25(28)18-3-5-21(6-4-18)26-27-22-7-9-23(10-8-22)30-24-19-12-16-11-17(14-19)15-20(24)13-16/h3-10,16-17,19-20,24H,2,11-15H2,1H3. The molecule has 0 aromatic heterocycles. The third-order valence-corrected chi connectivity index (χ3v) is 8.49. The van der Waals surface area contributed by atoms with E-state index in [1.54, 1.807) is 31.2 Å². The van der Waals surface area contributed by atoms with Crippen LogP contribution >= 0.6 is 11.8 Å². The number of carbonyl (C=O) groups excluding carboxylic acids is 1. The van der Waals surface area contributed by atoms with Crippen molar-refractivity contribution in [3.8, 4) is 0 Å². The van der Waals surface area contributed by atoms with Crippen molar-refractivity contribution in [2.75, 3.05) is 6.61 Å². The number of benzene rings is 2. The Morgan fingerprint density at radius 3 is 1.93 bits per heavy atom. The minimum absolute atomic E-state index is 0.312. The number of carbonyl (C=O) groups is 1. The van der Waals surface area contributed by atoms with E-state index in [0.717, 1.165) is 40.3 Å². The number of ether oxygens (including phenoxy) is 1. The van der Waals surface area contributed by atoms with Gasteiger partial charge < -0.3 is 4.74 Å². The van der Waals surface area contributed by atoms with Gasteiger partial charge in [0, 0.05) is 10.1 Å². The predicted octanol–water partition coefficient (Wildman–Crippen LogP) is 7.20. The molecular weight excluding hydrogens is 392 g/mol. The predicted molar refractivity (Wildman–Crippen MR) is 120 cm³/mol. The molecule has 4 nitrogen and oxygen atoms in total. The van der Waals surface area contributed by atoms with Gasteiger partial charge in [-0.25, -0.2) is 4.79 Å². The molecule has 0 heterocycles. The topological polar surface area (TPSA) is 51.0 Å². The fraction of sp³-hybridized carbons (Fsp3) is 0.480. The highest BCUT2D eigenvalue weighted by atomic mass is 32.2. The summed E-state index contributed by atoms with van der Waals surface area (Å²) in [6.07, 6.45) is 7.37. The molecular formula is C25H28N2O2S. The molecule has 0 spiro atoms. The Balaban J connectivity index is 1.20. The molecule has 4 aliphatic carbocycles. The van der Waals surface area contributed by atoms with Crippen molar-refractivity contribution in [1.82, 2.24) is 0 Å². The molecule has 4 fully saturated rings. The molecule has 0 aliphatic heterocycles. The van der Waals surface area contributed by atoms with Crippen LogP contribution in [0.25, 0.3) is 0 Å². The second-order valence-corrected chi connectivity index (χ2v) is 10.2. The highest BCUT2D eigenvalue weighted by molar-refractivity contribution is 8.00. The zero-order chi connectivity index (χ0) is 20.5. The van der Waals surface area contributed by atoms with E-state index in [1.807, 2.05) is 0 Å². The summed E-state index contributed by atoms with van der Waals surface area (Å²) in [7, 11) is 0. The van der Waals surface area contributed by atoms with Gasteiger partial charge >= 0.3 is 5.97 Å². The first kappa shape index (κ1) is 19.8. The van der Waals surface area contributed by atoms with Crippen molar-refractivity contribution < 1.29 is 9.53 Å². The van der Waals surface area contributed by atoms with Crippen LogP contribution in [0, 0.1) is 23.7 Å². The Bertz CT molecular complexity index is 895. The van der Waals surface area contributed by atoms with Crippen molar-refractivity contribution >= 4 is 29.1 Å². The van der Waals surface area contributed by atoms with Crippen LogP contribution < -0.4 is 0 Å². The van der Waals surface area contributed by atoms with Crippen LogP contribution in [-0.2, 0) is 4.74 Å². The molecule has 2 aromatic rings. The van der Waals surface area contributed by atoms with Gasteiger partial charge in [0.2, 0.25) is 0 Å². The third kappa shape index (κ3) is 4.18. The van der Waals surface area contributed by atoms with Crippen LogP contribution in [0.2, 0.25) is 0 Å². The van der Waals surface area contributed by atoms with Gasteiger partial charge in [0.25, 0.3) is 0 Å². The van der Waals surface area contributed by atoms with Gasteiger partial charge in [-0.05, 0) is 111 Å². The van der Waals surface area contributed by atoms with Gasteiger partial charge in [-0.15, -0.1) is 11.8 Å². The minimum atomic E-state index is -0.312. The smallest absolute Gasteiger partial charge is 0.338 e. The number of hydrogen-bond donors (Lipinski definition) is 0. The largest absolute Gasteiger partial charge is 0.462 e. The van der Waals surface area contributed by atoms with E-state index in [0.29, 0.717) is 12.2 Å². The Labute approximate surface area is 182 Å². The van der Waals surface area contributed by atoms with Crippen molar-refractivity contribution in [3.05, 3.63) is 54.1 Å². The van der Waals surface area contributed by atoms with Crippen LogP contribution in [0.4, 0.5) is 11.4 Å². The summed E-state index contributed by atoms with van der Waals surface area (Å²) in [5.74, 6) is 3.61. The number of rotatable bonds is 6. The molecule has 4 bridgehead atoms. The summed E-state index contributed by atoms with van der Waals surface area (Å²) in [6, 6.07) is 15.5. The molecule has 2 aromatic carbocycles. The van der Waals surface area contributed by atoms with Gasteiger partial charge in [0.05, 0.1) is 23.5 Å². The fourth-order valence-electron chi connectivity index (χ4n) is 5.81. The molecule has 0 radical (unpaired) electrons. The zero-order valence-electron chi connectivity index (χ0n) is 17.4. The van der Waals surface area contributed by atoms with Crippen LogP contribution in [0.3, 0.4) is 0 Å². The average Bonchev–Trinajstić information content (AvgIpc) is 2.76. The van der Waals surface area contributed by atoms with Crippen LogP contribution in [0.15, 0.2) is 63.7 Å². The molecule has 0 saturated heterocycles. The van der Waals surface area contributed by atoms with Gasteiger partial charge in [-0.1, -0.05) is 0 Å². The van der Waals surface area contributed by atoms with E-state index < -0.39 is 0 Å². The second-order valence-electron chi connectivity index (χ2n) is 8.97. The van der Waals surface area contributed by atoms with Crippen molar-refractivity contribution in [2.24, 2.45) is 33.9 Å². The first-order valence-electron chi connectivity index (χ1n) is 11.1. The number of azo groups is 1. The molecule has 156 valence electrons. The van der Waals surface area contributed by atoms with Gasteiger partial charge in [0.1, 0.15) is 0 Å². The van der Waals surface area contributed by atoms with Crippen LogP contribution in [-0.4, -0.2) is 17.8 Å². The van der Waals surface area contributed by atoms with Crippen LogP contribution in [0.1, 0.15) is 49.4 Å². The molecule has 5 heteroatoms. The molecule has 0 amide bonds. The summed E-state index contributed by atoms with van der Waals surface area (Å²) in [5, 5.41) is 9.45. The highest BCUT2D eigenvalue weighted by Gasteiger charge is 2.48. The normalized spacial score (nSPS) is 29.4. The van der Waals surface area contributed by atoms with Gasteiger partial charge in [0.15, 0.2) is 0 Å². The summed E-state index contributed by atoms with van der Waals surface area (Å²) in [5.41, 5.74) is 2.09. The average molecular weight is 421 g/mol. The van der Waals surface area contributed by atoms with E-state index in [9.17, 15) is 4.79 Å². The van der Waals surface area contributed by atoms with E-state index in [-0.39, 0.29) is 5.97 Å². The lowest BCUT2D eigenvalue weighted by Crippen LogP contribution is -2.46. The number of hydrogen-bond acceptors (Lipinski definition) is 5. The fourth-order valence-corrected chi connectivity index (χ4v) is 7.25. The zero-order valence-corrected chi connectivity index (χ0v) is 18.2. The summed E-state index contributed by atoms with van der Waals surface area (Å²) >= 11 is 2.09. The van der Waals surface area contributed by atoms with Gasteiger partial charge in [-0.3, -0.25) is 0 Å². The molecule has 0 atom stereocenters. The van der Waals surface area contributed by atoms with E-state index in [2.05, 4.69) is 46.3 Å². The maximum Gasteiger partial charge on any atom is 0.338 e. The summed E-state index contributed by atoms with van der Waals surface area (Å²) in [6.45, 7) is 2.17. The lowest BCUT2D eigenvalue weighted by Gasteiger charge is -2.54. The molecule has 4 aliphatic rings. The SMILES string of the molecule is CCOC(=O)c1ccc(N=Nc2ccc(SC3C4CC5CC(C4)CC3C5)cc2)cc1. The Kier molecular flexibility index (Phi) is 5.64. The summed E-state index contributed by atoms with van der Waals surface area (Å²) < 4.78 is 5.00. The first-order chi connectivity index (χ1) is 14.7. The highest BCUT2D eigenvalue weighted by Crippen LogP contribution is 2.58.